The van der Waals surface area contributed by atoms with Crippen molar-refractivity contribution in [1.82, 2.24) is 14.6 Å². The van der Waals surface area contributed by atoms with Crippen molar-refractivity contribution in [2.45, 2.75) is 45.6 Å². The Kier molecular flexibility index (Phi) is 6.20. The number of rotatable bonds is 7. The van der Waals surface area contributed by atoms with Crippen molar-refractivity contribution < 1.29 is 14.6 Å². The molecule has 0 bridgehead atoms. The number of aliphatic hydroxyl groups is 1. The van der Waals surface area contributed by atoms with Crippen molar-refractivity contribution in [1.29, 1.82) is 0 Å². The molecule has 7 nitrogen and oxygen atoms in total. The number of aromatic nitrogens is 3. The van der Waals surface area contributed by atoms with Gasteiger partial charge in [0.2, 0.25) is 0 Å². The molecule has 0 spiro atoms. The van der Waals surface area contributed by atoms with E-state index in [4.69, 9.17) is 19.6 Å². The van der Waals surface area contributed by atoms with Crippen LogP contribution in [0.1, 0.15) is 41.3 Å². The van der Waals surface area contributed by atoms with Crippen LogP contribution in [0.4, 0.5) is 5.82 Å². The van der Waals surface area contributed by atoms with E-state index >= 15 is 0 Å². The van der Waals surface area contributed by atoms with Crippen LogP contribution < -0.4 is 10.1 Å². The van der Waals surface area contributed by atoms with Crippen molar-refractivity contribution >= 4 is 11.5 Å². The van der Waals surface area contributed by atoms with E-state index in [1.54, 1.807) is 0 Å². The van der Waals surface area contributed by atoms with Gasteiger partial charge in [0.05, 0.1) is 5.69 Å². The van der Waals surface area contributed by atoms with Crippen LogP contribution in [0.3, 0.4) is 0 Å². The molecule has 30 heavy (non-hydrogen) atoms. The number of ether oxygens (including phenoxy) is 2. The summed E-state index contributed by atoms with van der Waals surface area (Å²) in [5.74, 6) is 2.03. The number of hydrogen-bond donors (Lipinski definition) is 2. The molecule has 4 rings (SSSR count). The SMILES string of the molecule is Cc1ccc(OCC(O)CNc2c(C)c(C)nc3cc(C4CCOCC4)nn23)cc1. The number of aliphatic hydroxyl groups excluding tert-OH is 1. The summed E-state index contributed by atoms with van der Waals surface area (Å²) < 4.78 is 13.0. The Morgan fingerprint density at radius 1 is 1.20 bits per heavy atom. The second-order valence-electron chi connectivity index (χ2n) is 8.06. The van der Waals surface area contributed by atoms with Gasteiger partial charge in [-0.3, -0.25) is 0 Å². The minimum absolute atomic E-state index is 0.217. The first-order valence-corrected chi connectivity index (χ1v) is 10.6. The maximum Gasteiger partial charge on any atom is 0.157 e. The number of aryl methyl sites for hydroxylation is 2. The van der Waals surface area contributed by atoms with Gasteiger partial charge in [0.1, 0.15) is 24.3 Å². The number of benzene rings is 1. The van der Waals surface area contributed by atoms with Crippen molar-refractivity contribution in [3.63, 3.8) is 0 Å². The van der Waals surface area contributed by atoms with E-state index in [0.29, 0.717) is 12.5 Å². The van der Waals surface area contributed by atoms with Gasteiger partial charge in [0, 0.05) is 43.0 Å². The van der Waals surface area contributed by atoms with Gasteiger partial charge in [-0.15, -0.1) is 0 Å². The molecule has 0 aliphatic carbocycles. The predicted octanol–water partition coefficient (Wildman–Crippen LogP) is 3.40. The topological polar surface area (TPSA) is 80.9 Å². The number of nitrogens with one attached hydrogen (secondary N) is 1. The second kappa shape index (κ2) is 9.02. The molecule has 1 aromatic carbocycles. The van der Waals surface area contributed by atoms with Gasteiger partial charge in [-0.25, -0.2) is 4.98 Å². The Morgan fingerprint density at radius 2 is 1.93 bits per heavy atom. The largest absolute Gasteiger partial charge is 0.491 e. The molecule has 0 saturated carbocycles. The monoisotopic (exact) mass is 410 g/mol. The van der Waals surface area contributed by atoms with Crippen molar-refractivity contribution in [3.8, 4) is 5.75 Å². The lowest BCUT2D eigenvalue weighted by molar-refractivity contribution is 0.0844. The maximum atomic E-state index is 10.4. The molecule has 3 heterocycles. The standard InChI is InChI=1S/C23H30N4O3/c1-15-4-6-20(7-5-15)30-14-19(28)13-24-23-16(2)17(3)25-22-12-21(26-27(22)23)18-8-10-29-11-9-18/h4-7,12,18-19,24,28H,8-11,13-14H2,1-3H3. The smallest absolute Gasteiger partial charge is 0.157 e. The molecular formula is C23H30N4O3. The van der Waals surface area contributed by atoms with E-state index in [-0.39, 0.29) is 6.61 Å². The Balaban J connectivity index is 1.46. The first kappa shape index (κ1) is 20.6. The molecule has 0 radical (unpaired) electrons. The summed E-state index contributed by atoms with van der Waals surface area (Å²) in [7, 11) is 0. The summed E-state index contributed by atoms with van der Waals surface area (Å²) in [6, 6.07) is 9.89. The van der Waals surface area contributed by atoms with Crippen LogP contribution in [-0.2, 0) is 4.74 Å². The van der Waals surface area contributed by atoms with Crippen LogP contribution in [0.2, 0.25) is 0 Å². The summed E-state index contributed by atoms with van der Waals surface area (Å²) in [6.07, 6.45) is 1.32. The van der Waals surface area contributed by atoms with Gasteiger partial charge in [0.15, 0.2) is 5.65 Å². The van der Waals surface area contributed by atoms with Crippen LogP contribution in [0.5, 0.6) is 5.75 Å². The third kappa shape index (κ3) is 4.57. The fourth-order valence-corrected chi connectivity index (χ4v) is 3.72. The van der Waals surface area contributed by atoms with Gasteiger partial charge < -0.3 is 19.9 Å². The Labute approximate surface area is 177 Å². The zero-order valence-corrected chi connectivity index (χ0v) is 17.9. The average Bonchev–Trinajstić information content (AvgIpc) is 3.18. The van der Waals surface area contributed by atoms with Crippen LogP contribution in [0.25, 0.3) is 5.65 Å². The normalized spacial score (nSPS) is 16.0. The number of fused-ring (bicyclic) bond motifs is 1. The van der Waals surface area contributed by atoms with Gasteiger partial charge in [0.25, 0.3) is 0 Å². The molecule has 160 valence electrons. The highest BCUT2D eigenvalue weighted by Crippen LogP contribution is 2.28. The molecule has 7 heteroatoms. The van der Waals surface area contributed by atoms with Crippen LogP contribution in [0, 0.1) is 20.8 Å². The van der Waals surface area contributed by atoms with Gasteiger partial charge in [-0.05, 0) is 45.7 Å². The molecule has 1 aliphatic heterocycles. The quantitative estimate of drug-likeness (QED) is 0.621. The molecule has 1 unspecified atom stereocenters. The lowest BCUT2D eigenvalue weighted by Gasteiger charge is -2.19. The number of nitrogens with zero attached hydrogens (tertiary/aromatic N) is 3. The lowest BCUT2D eigenvalue weighted by Crippen LogP contribution is -2.27. The zero-order valence-electron chi connectivity index (χ0n) is 17.9. The second-order valence-corrected chi connectivity index (χ2v) is 8.06. The van der Waals surface area contributed by atoms with Crippen LogP contribution >= 0.6 is 0 Å². The first-order chi connectivity index (χ1) is 14.5. The van der Waals surface area contributed by atoms with E-state index in [2.05, 4.69) is 11.4 Å². The van der Waals surface area contributed by atoms with E-state index in [9.17, 15) is 5.11 Å². The van der Waals surface area contributed by atoms with Gasteiger partial charge >= 0.3 is 0 Å². The van der Waals surface area contributed by atoms with Crippen molar-refractivity contribution in [2.24, 2.45) is 0 Å². The van der Waals surface area contributed by atoms with E-state index in [1.807, 2.05) is 49.6 Å². The van der Waals surface area contributed by atoms with E-state index in [0.717, 1.165) is 60.2 Å². The summed E-state index contributed by atoms with van der Waals surface area (Å²) in [6.45, 7) is 8.19. The summed E-state index contributed by atoms with van der Waals surface area (Å²) >= 11 is 0. The summed E-state index contributed by atoms with van der Waals surface area (Å²) in [4.78, 5) is 4.70. The van der Waals surface area contributed by atoms with Gasteiger partial charge in [-0.2, -0.15) is 9.61 Å². The minimum atomic E-state index is -0.653. The van der Waals surface area contributed by atoms with Gasteiger partial charge in [-0.1, -0.05) is 17.7 Å². The summed E-state index contributed by atoms with van der Waals surface area (Å²) in [5, 5.41) is 18.6. The highest BCUT2D eigenvalue weighted by molar-refractivity contribution is 5.55. The van der Waals surface area contributed by atoms with Crippen molar-refractivity contribution in [3.05, 3.63) is 52.8 Å². The lowest BCUT2D eigenvalue weighted by atomic mass is 9.97. The predicted molar refractivity (Wildman–Crippen MR) is 116 cm³/mol. The van der Waals surface area contributed by atoms with E-state index < -0.39 is 6.10 Å². The first-order valence-electron chi connectivity index (χ1n) is 10.6. The number of anilines is 1. The minimum Gasteiger partial charge on any atom is -0.491 e. The van der Waals surface area contributed by atoms with Crippen molar-refractivity contribution in [2.75, 3.05) is 31.7 Å². The average molecular weight is 411 g/mol. The highest BCUT2D eigenvalue weighted by atomic mass is 16.5. The van der Waals surface area contributed by atoms with Crippen LogP contribution in [0.15, 0.2) is 30.3 Å². The van der Waals surface area contributed by atoms with Crippen LogP contribution in [-0.4, -0.2) is 52.2 Å². The fourth-order valence-electron chi connectivity index (χ4n) is 3.72. The van der Waals surface area contributed by atoms with E-state index in [1.165, 1.54) is 5.56 Å². The Morgan fingerprint density at radius 3 is 2.67 bits per heavy atom. The highest BCUT2D eigenvalue weighted by Gasteiger charge is 2.21. The molecule has 2 N–H and O–H groups in total. The molecule has 3 aromatic rings. The molecule has 0 amide bonds. The third-order valence-electron chi connectivity index (χ3n) is 5.71. The number of hydrogen-bond acceptors (Lipinski definition) is 6. The molecule has 1 aliphatic rings. The summed E-state index contributed by atoms with van der Waals surface area (Å²) in [5.41, 5.74) is 5.04. The molecule has 1 saturated heterocycles. The maximum absolute atomic E-state index is 10.4. The Hall–Kier alpha value is -2.64. The third-order valence-corrected chi connectivity index (χ3v) is 5.71. The molecule has 2 aromatic heterocycles. The molecule has 1 fully saturated rings. The Bertz CT molecular complexity index is 994. The fraction of sp³-hybridized carbons (Fsp3) is 0.478. The molecular weight excluding hydrogens is 380 g/mol. The zero-order chi connectivity index (χ0) is 21.1. The molecule has 1 atom stereocenters.